The zero-order valence-corrected chi connectivity index (χ0v) is 11.6. The lowest BCUT2D eigenvalue weighted by molar-refractivity contribution is -0.0335. The normalized spacial score (nSPS) is 28.7. The fourth-order valence-corrected chi connectivity index (χ4v) is 2.27. The van der Waals surface area contributed by atoms with Crippen molar-refractivity contribution >= 4 is 5.96 Å². The Morgan fingerprint density at radius 3 is 2.53 bits per heavy atom. The summed E-state index contributed by atoms with van der Waals surface area (Å²) in [6.45, 7) is 9.66. The van der Waals surface area contributed by atoms with Crippen LogP contribution in [-0.2, 0) is 0 Å². The Labute approximate surface area is 105 Å². The van der Waals surface area contributed by atoms with E-state index in [1.165, 1.54) is 0 Å². The summed E-state index contributed by atoms with van der Waals surface area (Å²) >= 11 is 0. The maximum atomic E-state index is 10.6. The molecule has 1 saturated carbocycles. The van der Waals surface area contributed by atoms with E-state index in [-0.39, 0.29) is 5.41 Å². The van der Waals surface area contributed by atoms with E-state index < -0.39 is 5.60 Å². The first-order valence-corrected chi connectivity index (χ1v) is 6.53. The zero-order chi connectivity index (χ0) is 13.1. The number of hydrogen-bond acceptors (Lipinski definition) is 2. The molecule has 0 saturated heterocycles. The van der Waals surface area contributed by atoms with Gasteiger partial charge in [-0.1, -0.05) is 27.7 Å². The van der Waals surface area contributed by atoms with Gasteiger partial charge in [0.25, 0.3) is 0 Å². The summed E-state index contributed by atoms with van der Waals surface area (Å²) in [6.07, 6.45) is 2.94. The average molecular weight is 241 g/mol. The van der Waals surface area contributed by atoms with Gasteiger partial charge in [0.1, 0.15) is 0 Å². The van der Waals surface area contributed by atoms with E-state index in [0.29, 0.717) is 18.4 Å². The quantitative estimate of drug-likeness (QED) is 0.516. The third-order valence-corrected chi connectivity index (χ3v) is 3.85. The van der Waals surface area contributed by atoms with Crippen molar-refractivity contribution in [1.82, 2.24) is 5.32 Å². The van der Waals surface area contributed by atoms with Crippen LogP contribution in [0.5, 0.6) is 0 Å². The molecule has 1 aliphatic carbocycles. The van der Waals surface area contributed by atoms with Crippen LogP contribution in [0.25, 0.3) is 0 Å². The summed E-state index contributed by atoms with van der Waals surface area (Å²) in [5.41, 5.74) is 5.02. The van der Waals surface area contributed by atoms with Crippen LogP contribution >= 0.6 is 0 Å². The largest absolute Gasteiger partial charge is 0.387 e. The van der Waals surface area contributed by atoms with Crippen molar-refractivity contribution in [2.75, 3.05) is 13.1 Å². The van der Waals surface area contributed by atoms with Gasteiger partial charge in [-0.05, 0) is 30.6 Å². The number of nitrogens with one attached hydrogen (secondary N) is 1. The highest BCUT2D eigenvalue weighted by molar-refractivity contribution is 5.77. The molecule has 0 aromatic carbocycles. The predicted octanol–water partition coefficient (Wildman–Crippen LogP) is 1.49. The van der Waals surface area contributed by atoms with Crippen LogP contribution in [0.4, 0.5) is 0 Å². The first-order valence-electron chi connectivity index (χ1n) is 6.53. The van der Waals surface area contributed by atoms with Crippen LogP contribution in [0.15, 0.2) is 4.99 Å². The molecule has 100 valence electrons. The lowest BCUT2D eigenvalue weighted by atomic mass is 9.78. The molecule has 0 spiro atoms. The van der Waals surface area contributed by atoms with Crippen LogP contribution in [0.2, 0.25) is 0 Å². The minimum absolute atomic E-state index is 0.0607. The minimum atomic E-state index is -0.697. The Hall–Kier alpha value is -0.770. The minimum Gasteiger partial charge on any atom is -0.387 e. The Balaban J connectivity index is 2.51. The molecular weight excluding hydrogens is 214 g/mol. The number of aliphatic hydroxyl groups is 1. The third kappa shape index (κ3) is 3.60. The number of rotatable bonds is 4. The van der Waals surface area contributed by atoms with Gasteiger partial charge in [-0.2, -0.15) is 0 Å². The molecule has 0 aliphatic heterocycles. The molecule has 4 N–H and O–H groups in total. The van der Waals surface area contributed by atoms with Crippen LogP contribution in [0.3, 0.4) is 0 Å². The highest BCUT2D eigenvalue weighted by Crippen LogP contribution is 2.45. The van der Waals surface area contributed by atoms with E-state index in [2.05, 4.69) is 38.0 Å². The molecular formula is C13H27N3O. The molecule has 0 radical (unpaired) electrons. The van der Waals surface area contributed by atoms with Crippen LogP contribution < -0.4 is 11.1 Å². The Morgan fingerprint density at radius 2 is 2.06 bits per heavy atom. The summed E-state index contributed by atoms with van der Waals surface area (Å²) in [6, 6.07) is 0. The molecule has 1 aliphatic rings. The molecule has 1 unspecified atom stereocenters. The monoisotopic (exact) mass is 241 g/mol. The molecule has 4 heteroatoms. The molecule has 0 aromatic heterocycles. The lowest BCUT2D eigenvalue weighted by Crippen LogP contribution is -2.44. The van der Waals surface area contributed by atoms with Crippen molar-refractivity contribution in [3.05, 3.63) is 0 Å². The fraction of sp³-hybridized carbons (Fsp3) is 0.923. The van der Waals surface area contributed by atoms with Crippen molar-refractivity contribution in [2.24, 2.45) is 22.1 Å². The number of nitrogens with zero attached hydrogens (tertiary/aromatic N) is 1. The summed E-state index contributed by atoms with van der Waals surface area (Å²) in [7, 11) is 0. The molecule has 1 fully saturated rings. The fourth-order valence-electron chi connectivity index (χ4n) is 2.27. The second-order valence-electron chi connectivity index (χ2n) is 6.25. The molecule has 0 aromatic rings. The lowest BCUT2D eigenvalue weighted by Gasteiger charge is -2.35. The van der Waals surface area contributed by atoms with Crippen molar-refractivity contribution in [3.63, 3.8) is 0 Å². The van der Waals surface area contributed by atoms with Gasteiger partial charge in [0, 0.05) is 6.54 Å². The predicted molar refractivity (Wildman–Crippen MR) is 71.9 cm³/mol. The molecule has 0 amide bonds. The van der Waals surface area contributed by atoms with Gasteiger partial charge < -0.3 is 16.2 Å². The van der Waals surface area contributed by atoms with Crippen LogP contribution in [0, 0.1) is 11.3 Å². The maximum absolute atomic E-state index is 10.6. The van der Waals surface area contributed by atoms with Gasteiger partial charge >= 0.3 is 0 Å². The Morgan fingerprint density at radius 1 is 1.41 bits per heavy atom. The zero-order valence-electron chi connectivity index (χ0n) is 11.6. The van der Waals surface area contributed by atoms with Gasteiger partial charge in [0.05, 0.1) is 12.1 Å². The number of nitrogens with two attached hydrogens (primary N) is 1. The maximum Gasteiger partial charge on any atom is 0.188 e. The average Bonchev–Trinajstić information content (AvgIpc) is 2.48. The van der Waals surface area contributed by atoms with Crippen LogP contribution in [0.1, 0.15) is 47.0 Å². The number of aliphatic imine (C=N–C) groups is 1. The van der Waals surface area contributed by atoms with Gasteiger partial charge in [-0.25, -0.2) is 0 Å². The SMILES string of the molecule is CC(C)CNC(N)=NCC1(O)CCCC1(C)C. The molecule has 17 heavy (non-hydrogen) atoms. The van der Waals surface area contributed by atoms with Crippen molar-refractivity contribution in [2.45, 2.75) is 52.6 Å². The standard InChI is InChI=1S/C13H27N3O/c1-10(2)8-15-11(14)16-9-13(17)7-5-6-12(13,3)4/h10,17H,5-9H2,1-4H3,(H3,14,15,16). The molecule has 1 atom stereocenters. The summed E-state index contributed by atoms with van der Waals surface area (Å²) < 4.78 is 0. The molecule has 4 nitrogen and oxygen atoms in total. The Bertz CT molecular complexity index is 286. The number of hydrogen-bond donors (Lipinski definition) is 3. The molecule has 0 heterocycles. The summed E-state index contributed by atoms with van der Waals surface area (Å²) in [5.74, 6) is 0.976. The number of guanidine groups is 1. The van der Waals surface area contributed by atoms with E-state index in [1.54, 1.807) is 0 Å². The van der Waals surface area contributed by atoms with Gasteiger partial charge in [0.2, 0.25) is 0 Å². The van der Waals surface area contributed by atoms with E-state index in [4.69, 9.17) is 5.73 Å². The summed E-state index contributed by atoms with van der Waals surface area (Å²) in [4.78, 5) is 4.28. The third-order valence-electron chi connectivity index (χ3n) is 3.85. The van der Waals surface area contributed by atoms with Crippen molar-refractivity contribution < 1.29 is 5.11 Å². The molecule has 1 rings (SSSR count). The smallest absolute Gasteiger partial charge is 0.188 e. The second kappa shape index (κ2) is 5.25. The topological polar surface area (TPSA) is 70.6 Å². The molecule has 0 bridgehead atoms. The highest BCUT2D eigenvalue weighted by Gasteiger charge is 2.47. The van der Waals surface area contributed by atoms with Gasteiger partial charge in [0.15, 0.2) is 5.96 Å². The van der Waals surface area contributed by atoms with Crippen molar-refractivity contribution in [3.8, 4) is 0 Å². The van der Waals surface area contributed by atoms with Crippen LogP contribution in [-0.4, -0.2) is 29.8 Å². The Kier molecular flexibility index (Phi) is 4.42. The van der Waals surface area contributed by atoms with E-state index >= 15 is 0 Å². The van der Waals surface area contributed by atoms with Crippen molar-refractivity contribution in [1.29, 1.82) is 0 Å². The first-order chi connectivity index (χ1) is 7.77. The first kappa shape index (κ1) is 14.3. The van der Waals surface area contributed by atoms with Gasteiger partial charge in [-0.15, -0.1) is 0 Å². The van der Waals surface area contributed by atoms with E-state index in [9.17, 15) is 5.11 Å². The van der Waals surface area contributed by atoms with E-state index in [0.717, 1.165) is 25.8 Å². The summed E-state index contributed by atoms with van der Waals surface area (Å²) in [5, 5.41) is 13.6. The highest BCUT2D eigenvalue weighted by atomic mass is 16.3. The second-order valence-corrected chi connectivity index (χ2v) is 6.25. The van der Waals surface area contributed by atoms with E-state index in [1.807, 2.05) is 0 Å². The van der Waals surface area contributed by atoms with Gasteiger partial charge in [-0.3, -0.25) is 4.99 Å².